The lowest BCUT2D eigenvalue weighted by Crippen LogP contribution is -2.34. The number of likely N-dealkylation sites (N-methyl/N-ethyl adjacent to an activating group) is 1. The second-order valence-corrected chi connectivity index (χ2v) is 9.70. The van der Waals surface area contributed by atoms with Gasteiger partial charge in [-0.2, -0.15) is 0 Å². The highest BCUT2D eigenvalue weighted by Gasteiger charge is 2.31. The van der Waals surface area contributed by atoms with Gasteiger partial charge in [0, 0.05) is 43.2 Å². The molecule has 31 heavy (non-hydrogen) atoms. The Hall–Kier alpha value is -2.91. The van der Waals surface area contributed by atoms with Crippen LogP contribution in [0.1, 0.15) is 28.9 Å². The van der Waals surface area contributed by atoms with Crippen molar-refractivity contribution in [3.8, 4) is 11.3 Å². The molecular weight excluding hydrogens is 421 g/mol. The van der Waals surface area contributed by atoms with Gasteiger partial charge in [-0.25, -0.2) is 12.8 Å². The molecule has 3 aromatic rings. The first-order chi connectivity index (χ1) is 14.6. The number of furan rings is 1. The lowest BCUT2D eigenvalue weighted by molar-refractivity contribution is 0.0964. The van der Waals surface area contributed by atoms with E-state index in [9.17, 15) is 17.6 Å². The minimum Gasteiger partial charge on any atom is -0.455 e. The van der Waals surface area contributed by atoms with E-state index in [1.807, 2.05) is 20.0 Å². The Labute approximate surface area is 180 Å². The standard InChI is InChI=1S/C22H24FN3O4S/c1-13-16-11-17-19(12-18(16)26(31(4,28)29)10-9-25(13)3)30-21(20(17)22(27)24-2)14-5-7-15(23)8-6-14/h5-8,11-13H,9-10H2,1-4H3,(H,24,27). The molecule has 2 heterocycles. The summed E-state index contributed by atoms with van der Waals surface area (Å²) in [6.07, 6.45) is 1.18. The van der Waals surface area contributed by atoms with Gasteiger partial charge < -0.3 is 9.73 Å². The van der Waals surface area contributed by atoms with Gasteiger partial charge in [-0.3, -0.25) is 14.0 Å². The van der Waals surface area contributed by atoms with E-state index >= 15 is 0 Å². The zero-order valence-corrected chi connectivity index (χ0v) is 18.6. The highest BCUT2D eigenvalue weighted by Crippen LogP contribution is 2.41. The molecule has 1 amide bonds. The molecule has 0 saturated heterocycles. The number of hydrogen-bond donors (Lipinski definition) is 1. The van der Waals surface area contributed by atoms with E-state index in [-0.39, 0.29) is 11.9 Å². The van der Waals surface area contributed by atoms with E-state index < -0.39 is 15.8 Å². The zero-order chi connectivity index (χ0) is 22.5. The van der Waals surface area contributed by atoms with Crippen LogP contribution in [0.5, 0.6) is 0 Å². The highest BCUT2D eigenvalue weighted by molar-refractivity contribution is 7.92. The van der Waals surface area contributed by atoms with Gasteiger partial charge in [0.25, 0.3) is 5.91 Å². The molecule has 0 bridgehead atoms. The van der Waals surface area contributed by atoms with Crippen LogP contribution in [-0.4, -0.2) is 52.7 Å². The summed E-state index contributed by atoms with van der Waals surface area (Å²) in [6, 6.07) is 9.12. The largest absolute Gasteiger partial charge is 0.455 e. The number of anilines is 1. The van der Waals surface area contributed by atoms with Crippen molar-refractivity contribution >= 4 is 32.6 Å². The first-order valence-electron chi connectivity index (χ1n) is 9.88. The third-order valence-electron chi connectivity index (χ3n) is 5.83. The number of carbonyl (C=O) groups is 1. The average molecular weight is 446 g/mol. The molecule has 0 saturated carbocycles. The third kappa shape index (κ3) is 3.68. The molecule has 1 unspecified atom stereocenters. The van der Waals surface area contributed by atoms with Gasteiger partial charge in [0.05, 0.1) is 17.5 Å². The maximum absolute atomic E-state index is 13.4. The number of rotatable bonds is 3. The van der Waals surface area contributed by atoms with Crippen LogP contribution < -0.4 is 9.62 Å². The van der Waals surface area contributed by atoms with Gasteiger partial charge >= 0.3 is 0 Å². The molecule has 0 spiro atoms. The first kappa shape index (κ1) is 21.3. The van der Waals surface area contributed by atoms with Crippen LogP contribution in [0.15, 0.2) is 40.8 Å². The van der Waals surface area contributed by atoms with Gasteiger partial charge in [0.2, 0.25) is 10.0 Å². The monoisotopic (exact) mass is 445 g/mol. The molecular formula is C22H24FN3O4S. The van der Waals surface area contributed by atoms with Crippen molar-refractivity contribution in [1.82, 2.24) is 10.2 Å². The van der Waals surface area contributed by atoms with Crippen molar-refractivity contribution in [2.75, 3.05) is 37.7 Å². The smallest absolute Gasteiger partial charge is 0.255 e. The van der Waals surface area contributed by atoms with Crippen molar-refractivity contribution in [3.63, 3.8) is 0 Å². The molecule has 1 N–H and O–H groups in total. The number of carbonyl (C=O) groups excluding carboxylic acids is 1. The van der Waals surface area contributed by atoms with Crippen LogP contribution in [0.3, 0.4) is 0 Å². The van der Waals surface area contributed by atoms with Crippen LogP contribution in [0.25, 0.3) is 22.3 Å². The molecule has 0 aliphatic carbocycles. The second-order valence-electron chi connectivity index (χ2n) is 7.79. The first-order valence-corrected chi connectivity index (χ1v) is 11.7. The normalized spacial score (nSPS) is 17.5. The molecule has 0 radical (unpaired) electrons. The Balaban J connectivity index is 2.04. The molecule has 164 valence electrons. The molecule has 1 aliphatic rings. The van der Waals surface area contributed by atoms with Crippen molar-refractivity contribution < 1.29 is 22.0 Å². The Bertz CT molecular complexity index is 1270. The predicted molar refractivity (Wildman–Crippen MR) is 118 cm³/mol. The SMILES string of the molecule is CNC(=O)c1c(-c2ccc(F)cc2)oc2cc3c(cc12)C(C)N(C)CCN3S(C)(=O)=O. The van der Waals surface area contributed by atoms with Crippen molar-refractivity contribution in [2.24, 2.45) is 0 Å². The number of nitrogens with one attached hydrogen (secondary N) is 1. The van der Waals surface area contributed by atoms with E-state index in [0.29, 0.717) is 46.6 Å². The fourth-order valence-electron chi connectivity index (χ4n) is 4.00. The average Bonchev–Trinajstić information content (AvgIpc) is 3.04. The van der Waals surface area contributed by atoms with Crippen LogP contribution >= 0.6 is 0 Å². The summed E-state index contributed by atoms with van der Waals surface area (Å²) in [5.74, 6) is -0.428. The maximum atomic E-state index is 13.4. The predicted octanol–water partition coefficient (Wildman–Crippen LogP) is 3.37. The van der Waals surface area contributed by atoms with Crippen LogP contribution in [-0.2, 0) is 10.0 Å². The molecule has 9 heteroatoms. The molecule has 2 aromatic carbocycles. The van der Waals surface area contributed by atoms with Crippen LogP contribution in [0.4, 0.5) is 10.1 Å². The van der Waals surface area contributed by atoms with Gasteiger partial charge in [-0.1, -0.05) is 0 Å². The second kappa shape index (κ2) is 7.65. The zero-order valence-electron chi connectivity index (χ0n) is 17.8. The van der Waals surface area contributed by atoms with Crippen LogP contribution in [0.2, 0.25) is 0 Å². The van der Waals surface area contributed by atoms with Crippen molar-refractivity contribution in [1.29, 1.82) is 0 Å². The highest BCUT2D eigenvalue weighted by atomic mass is 32.2. The van der Waals surface area contributed by atoms with E-state index in [1.54, 1.807) is 18.2 Å². The third-order valence-corrected chi connectivity index (χ3v) is 7.01. The number of halogens is 1. The van der Waals surface area contributed by atoms with Gasteiger partial charge in [-0.05, 0) is 49.9 Å². The fourth-order valence-corrected chi connectivity index (χ4v) is 4.93. The number of benzene rings is 2. The van der Waals surface area contributed by atoms with Crippen molar-refractivity contribution in [2.45, 2.75) is 13.0 Å². The van der Waals surface area contributed by atoms with Gasteiger partial charge in [-0.15, -0.1) is 0 Å². The number of nitrogens with zero attached hydrogens (tertiary/aromatic N) is 2. The maximum Gasteiger partial charge on any atom is 0.255 e. The van der Waals surface area contributed by atoms with E-state index in [1.165, 1.54) is 29.7 Å². The molecule has 1 aromatic heterocycles. The van der Waals surface area contributed by atoms with E-state index in [2.05, 4.69) is 10.2 Å². The summed E-state index contributed by atoms with van der Waals surface area (Å²) < 4.78 is 45.9. The van der Waals surface area contributed by atoms with Gasteiger partial charge in [0.1, 0.15) is 17.2 Å². The number of sulfonamides is 1. The summed E-state index contributed by atoms with van der Waals surface area (Å²) in [7, 11) is -0.0528. The Morgan fingerprint density at radius 1 is 1.19 bits per heavy atom. The lowest BCUT2D eigenvalue weighted by atomic mass is 9.99. The summed E-state index contributed by atoms with van der Waals surface area (Å²) in [4.78, 5) is 14.9. The van der Waals surface area contributed by atoms with Crippen molar-refractivity contribution in [3.05, 3.63) is 53.3 Å². The Kier molecular flexibility index (Phi) is 5.26. The molecule has 0 fully saturated rings. The fraction of sp³-hybridized carbons (Fsp3) is 0.318. The van der Waals surface area contributed by atoms with Crippen LogP contribution in [0, 0.1) is 5.82 Å². The molecule has 4 rings (SSSR count). The lowest BCUT2D eigenvalue weighted by Gasteiger charge is -2.23. The minimum atomic E-state index is -3.52. The number of hydrogen-bond acceptors (Lipinski definition) is 5. The number of fused-ring (bicyclic) bond motifs is 2. The topological polar surface area (TPSA) is 82.9 Å². The summed E-state index contributed by atoms with van der Waals surface area (Å²) in [5.41, 5.74) is 2.60. The summed E-state index contributed by atoms with van der Waals surface area (Å²) in [6.45, 7) is 2.87. The quantitative estimate of drug-likeness (QED) is 0.668. The molecule has 1 atom stereocenters. The number of amides is 1. The minimum absolute atomic E-state index is 0.0761. The molecule has 1 aliphatic heterocycles. The Morgan fingerprint density at radius 3 is 2.48 bits per heavy atom. The van der Waals surface area contributed by atoms with Gasteiger partial charge in [0.15, 0.2) is 0 Å². The Morgan fingerprint density at radius 2 is 1.87 bits per heavy atom. The summed E-state index contributed by atoms with van der Waals surface area (Å²) >= 11 is 0. The van der Waals surface area contributed by atoms with E-state index in [4.69, 9.17) is 4.42 Å². The molecule has 7 nitrogen and oxygen atoms in total. The summed E-state index contributed by atoms with van der Waals surface area (Å²) in [5, 5.41) is 3.21. The van der Waals surface area contributed by atoms with E-state index in [0.717, 1.165) is 5.56 Å².